The van der Waals surface area contributed by atoms with Crippen molar-refractivity contribution in [3.63, 3.8) is 0 Å². The molecule has 1 fully saturated rings. The van der Waals surface area contributed by atoms with Crippen LogP contribution in [0.2, 0.25) is 0 Å². The van der Waals surface area contributed by atoms with Crippen molar-refractivity contribution in [2.75, 3.05) is 20.3 Å². The third-order valence-electron chi connectivity index (χ3n) is 3.90. The summed E-state index contributed by atoms with van der Waals surface area (Å²) in [5, 5.41) is 12.1. The summed E-state index contributed by atoms with van der Waals surface area (Å²) in [4.78, 5) is 25.3. The van der Waals surface area contributed by atoms with Gasteiger partial charge >= 0.3 is 12.0 Å². The number of carbonyl (C=O) groups excluding carboxylic acids is 1. The fourth-order valence-electron chi connectivity index (χ4n) is 2.45. The van der Waals surface area contributed by atoms with Gasteiger partial charge in [0.05, 0.1) is 0 Å². The molecule has 20 heavy (non-hydrogen) atoms. The van der Waals surface area contributed by atoms with E-state index in [4.69, 9.17) is 4.74 Å². The second-order valence-corrected chi connectivity index (χ2v) is 6.02. The zero-order valence-corrected chi connectivity index (χ0v) is 12.8. The normalized spacial score (nSPS) is 19.4. The van der Waals surface area contributed by atoms with E-state index in [-0.39, 0.29) is 12.1 Å². The van der Waals surface area contributed by atoms with Gasteiger partial charge in [0.1, 0.15) is 5.54 Å². The quantitative estimate of drug-likeness (QED) is 0.806. The van der Waals surface area contributed by atoms with Gasteiger partial charge in [-0.05, 0) is 19.3 Å². The number of aliphatic carboxylic acids is 1. The molecule has 0 saturated carbocycles. The number of urea groups is 1. The van der Waals surface area contributed by atoms with E-state index in [0.717, 1.165) is 6.42 Å². The van der Waals surface area contributed by atoms with Crippen LogP contribution in [0.25, 0.3) is 0 Å². The molecule has 116 valence electrons. The Hall–Kier alpha value is -1.30. The van der Waals surface area contributed by atoms with Crippen LogP contribution in [0.15, 0.2) is 0 Å². The Labute approximate surface area is 120 Å². The molecule has 2 N–H and O–H groups in total. The lowest BCUT2D eigenvalue weighted by Crippen LogP contribution is -2.60. The summed E-state index contributed by atoms with van der Waals surface area (Å²) in [6.07, 6.45) is 1.49. The Balaban J connectivity index is 2.68. The molecule has 1 atom stereocenters. The van der Waals surface area contributed by atoms with Crippen LogP contribution >= 0.6 is 0 Å². The third kappa shape index (κ3) is 4.10. The smallest absolute Gasteiger partial charge is 0.329 e. The van der Waals surface area contributed by atoms with E-state index in [1.165, 1.54) is 0 Å². The van der Waals surface area contributed by atoms with Crippen LogP contribution < -0.4 is 5.32 Å². The highest BCUT2D eigenvalue weighted by Crippen LogP contribution is 2.22. The fraction of sp³-hybridized carbons (Fsp3) is 0.857. The lowest BCUT2D eigenvalue weighted by Gasteiger charge is -2.36. The first-order valence-electron chi connectivity index (χ1n) is 7.14. The lowest BCUT2D eigenvalue weighted by atomic mass is 9.90. The van der Waals surface area contributed by atoms with Gasteiger partial charge in [-0.1, -0.05) is 13.8 Å². The Morgan fingerprint density at radius 3 is 2.30 bits per heavy atom. The van der Waals surface area contributed by atoms with Crippen molar-refractivity contribution >= 4 is 12.0 Å². The average Bonchev–Trinajstić information content (AvgIpc) is 2.37. The molecule has 1 heterocycles. The number of rotatable bonds is 5. The Morgan fingerprint density at radius 2 is 1.85 bits per heavy atom. The second-order valence-electron chi connectivity index (χ2n) is 6.02. The zero-order chi connectivity index (χ0) is 15.3. The van der Waals surface area contributed by atoms with E-state index in [2.05, 4.69) is 19.2 Å². The molecular formula is C14H26N2O4. The van der Waals surface area contributed by atoms with Crippen LogP contribution in [0.1, 0.15) is 40.0 Å². The summed E-state index contributed by atoms with van der Waals surface area (Å²) < 4.78 is 5.19. The van der Waals surface area contributed by atoms with Crippen LogP contribution in [0.3, 0.4) is 0 Å². The van der Waals surface area contributed by atoms with E-state index >= 15 is 0 Å². The monoisotopic (exact) mass is 286 g/mol. The van der Waals surface area contributed by atoms with Crippen LogP contribution in [0.5, 0.6) is 0 Å². The van der Waals surface area contributed by atoms with Crippen molar-refractivity contribution < 1.29 is 19.4 Å². The summed E-state index contributed by atoms with van der Waals surface area (Å²) in [6.45, 7) is 6.88. The molecule has 0 aliphatic carbocycles. The van der Waals surface area contributed by atoms with Gasteiger partial charge in [-0.2, -0.15) is 0 Å². The van der Waals surface area contributed by atoms with Crippen molar-refractivity contribution in [1.29, 1.82) is 0 Å². The van der Waals surface area contributed by atoms with Crippen molar-refractivity contribution in [2.24, 2.45) is 5.92 Å². The van der Waals surface area contributed by atoms with Gasteiger partial charge in [-0.3, -0.25) is 0 Å². The van der Waals surface area contributed by atoms with Gasteiger partial charge in [0.25, 0.3) is 0 Å². The summed E-state index contributed by atoms with van der Waals surface area (Å²) >= 11 is 0. The first-order valence-corrected chi connectivity index (χ1v) is 7.14. The van der Waals surface area contributed by atoms with Crippen molar-refractivity contribution in [3.05, 3.63) is 0 Å². The summed E-state index contributed by atoms with van der Waals surface area (Å²) in [6, 6.07) is -0.261. The first kappa shape index (κ1) is 16.8. The van der Waals surface area contributed by atoms with E-state index in [9.17, 15) is 14.7 Å². The highest BCUT2D eigenvalue weighted by Gasteiger charge is 2.42. The molecule has 1 aliphatic heterocycles. The molecule has 0 aromatic heterocycles. The second kappa shape index (κ2) is 6.92. The molecule has 0 aromatic rings. The molecule has 0 aromatic carbocycles. The number of hydrogen-bond donors (Lipinski definition) is 2. The number of carboxylic acid groups (broad SMARTS) is 1. The van der Waals surface area contributed by atoms with Gasteiger partial charge in [-0.15, -0.1) is 0 Å². The molecular weight excluding hydrogens is 260 g/mol. The van der Waals surface area contributed by atoms with E-state index < -0.39 is 11.5 Å². The predicted molar refractivity (Wildman–Crippen MR) is 75.6 cm³/mol. The molecule has 6 nitrogen and oxygen atoms in total. The molecule has 6 heteroatoms. The molecule has 1 aliphatic rings. The molecule has 1 rings (SSSR count). The van der Waals surface area contributed by atoms with E-state index in [1.54, 1.807) is 11.9 Å². The highest BCUT2D eigenvalue weighted by atomic mass is 16.5. The van der Waals surface area contributed by atoms with Crippen LogP contribution in [-0.4, -0.2) is 53.8 Å². The SMILES string of the molecule is CC(C)CC(C)N(C)C(=O)NC1(C(=O)O)CCOCC1. The van der Waals surface area contributed by atoms with E-state index in [0.29, 0.717) is 32.0 Å². The maximum Gasteiger partial charge on any atom is 0.329 e. The lowest BCUT2D eigenvalue weighted by molar-refractivity contribution is -0.148. The van der Waals surface area contributed by atoms with Crippen LogP contribution in [0, 0.1) is 5.92 Å². The van der Waals surface area contributed by atoms with Crippen LogP contribution in [-0.2, 0) is 9.53 Å². The minimum Gasteiger partial charge on any atom is -0.480 e. The Morgan fingerprint density at radius 1 is 1.30 bits per heavy atom. The molecule has 1 saturated heterocycles. The Kier molecular flexibility index (Phi) is 5.80. The number of hydrogen-bond acceptors (Lipinski definition) is 3. The molecule has 0 spiro atoms. The number of nitrogens with one attached hydrogen (secondary N) is 1. The van der Waals surface area contributed by atoms with Crippen molar-refractivity contribution in [3.8, 4) is 0 Å². The van der Waals surface area contributed by atoms with Gasteiger partial charge in [0.15, 0.2) is 0 Å². The maximum atomic E-state index is 12.3. The maximum absolute atomic E-state index is 12.3. The summed E-state index contributed by atoms with van der Waals surface area (Å²) in [5.74, 6) is -0.504. The number of ether oxygens (including phenoxy) is 1. The van der Waals surface area contributed by atoms with Gasteiger partial charge in [0.2, 0.25) is 0 Å². The number of nitrogens with zero attached hydrogens (tertiary/aromatic N) is 1. The fourth-order valence-corrected chi connectivity index (χ4v) is 2.45. The average molecular weight is 286 g/mol. The first-order chi connectivity index (χ1) is 9.28. The Bertz CT molecular complexity index is 351. The number of carbonyl (C=O) groups is 2. The minimum absolute atomic E-state index is 0.0701. The molecule has 0 radical (unpaired) electrons. The molecule has 0 bridgehead atoms. The van der Waals surface area contributed by atoms with Crippen LogP contribution in [0.4, 0.5) is 4.79 Å². The summed E-state index contributed by atoms with van der Waals surface area (Å²) in [7, 11) is 1.71. The number of amides is 2. The third-order valence-corrected chi connectivity index (χ3v) is 3.90. The standard InChI is InChI=1S/C14H26N2O4/c1-10(2)9-11(3)16(4)13(19)15-14(12(17)18)5-7-20-8-6-14/h10-11H,5-9H2,1-4H3,(H,15,19)(H,17,18). The van der Waals surface area contributed by atoms with Crippen molar-refractivity contribution in [1.82, 2.24) is 10.2 Å². The topological polar surface area (TPSA) is 78.9 Å². The molecule has 1 unspecified atom stereocenters. The minimum atomic E-state index is -1.19. The van der Waals surface area contributed by atoms with E-state index in [1.807, 2.05) is 6.92 Å². The van der Waals surface area contributed by atoms with Gasteiger partial charge < -0.3 is 20.1 Å². The highest BCUT2D eigenvalue weighted by molar-refractivity contribution is 5.86. The zero-order valence-electron chi connectivity index (χ0n) is 12.8. The van der Waals surface area contributed by atoms with Crippen molar-refractivity contribution in [2.45, 2.75) is 51.6 Å². The molecule has 2 amide bonds. The summed E-state index contributed by atoms with van der Waals surface area (Å²) in [5.41, 5.74) is -1.19. The number of carboxylic acids is 1. The predicted octanol–water partition coefficient (Wildman–Crippen LogP) is 1.70. The largest absolute Gasteiger partial charge is 0.480 e. The van der Waals surface area contributed by atoms with Gasteiger partial charge in [-0.25, -0.2) is 9.59 Å². The van der Waals surface area contributed by atoms with Gasteiger partial charge in [0, 0.05) is 39.1 Å².